The minimum Gasteiger partial charge on any atom is -0.309 e. The molecule has 74 heavy (non-hydrogen) atoms. The van der Waals surface area contributed by atoms with Crippen LogP contribution >= 0.6 is 0 Å². The van der Waals surface area contributed by atoms with Crippen LogP contribution in [0.4, 0.5) is 34.1 Å². The molecule has 0 saturated heterocycles. The van der Waals surface area contributed by atoms with Crippen LogP contribution in [0.2, 0.25) is 0 Å². The number of nitrogens with zero attached hydrogens (tertiary/aromatic N) is 4. The van der Waals surface area contributed by atoms with Crippen molar-refractivity contribution in [3.05, 3.63) is 254 Å². The van der Waals surface area contributed by atoms with E-state index in [0.29, 0.717) is 0 Å². The second-order valence-electron chi connectivity index (χ2n) is 19.7. The van der Waals surface area contributed by atoms with Gasteiger partial charge in [-0.05, 0) is 108 Å². The highest BCUT2D eigenvalue weighted by Crippen LogP contribution is 2.53. The number of hydrogen-bond donors (Lipinski definition) is 0. The van der Waals surface area contributed by atoms with Crippen molar-refractivity contribution in [2.75, 3.05) is 9.80 Å². The molecule has 4 aromatic heterocycles. The van der Waals surface area contributed by atoms with Crippen LogP contribution < -0.4 is 9.80 Å². The molecule has 4 heteroatoms. The third-order valence-electron chi connectivity index (χ3n) is 15.9. The molecule has 0 bridgehead atoms. The minimum atomic E-state index is 0.954. The Morgan fingerprint density at radius 2 is 0.649 bits per heavy atom. The largest absolute Gasteiger partial charge is 0.309 e. The molecule has 4 heterocycles. The lowest BCUT2D eigenvalue weighted by Gasteiger charge is -2.29. The molecular formula is C70H50N4. The molecule has 0 unspecified atom stereocenters. The number of fused-ring (bicyclic) bond motifs is 12. The first-order chi connectivity index (χ1) is 36.7. The second-order valence-corrected chi connectivity index (χ2v) is 19.7. The fraction of sp³-hybridized carbons (Fsp3) is 0.0571. The van der Waals surface area contributed by atoms with Crippen molar-refractivity contribution in [3.63, 3.8) is 0 Å². The zero-order valence-electron chi connectivity index (χ0n) is 41.3. The molecule has 0 amide bonds. The first-order valence-corrected chi connectivity index (χ1v) is 26.1. The molecule has 0 fully saturated rings. The average molecular weight is 947 g/mol. The molecule has 4 nitrogen and oxygen atoms in total. The molecule has 11 aromatic carbocycles. The Balaban J connectivity index is 1.01. The van der Waals surface area contributed by atoms with Crippen LogP contribution in [0.15, 0.2) is 243 Å². The molecule has 0 spiro atoms. The van der Waals surface area contributed by atoms with Crippen molar-refractivity contribution in [1.29, 1.82) is 0 Å². The van der Waals surface area contributed by atoms with E-state index in [9.17, 15) is 0 Å². The summed E-state index contributed by atoms with van der Waals surface area (Å²) in [5, 5.41) is 9.97. The summed E-state index contributed by atoms with van der Waals surface area (Å²) in [6, 6.07) is 90.0. The van der Waals surface area contributed by atoms with E-state index < -0.39 is 0 Å². The Kier molecular flexibility index (Phi) is 9.49. The van der Waals surface area contributed by atoms with Gasteiger partial charge in [-0.15, -0.1) is 0 Å². The smallest absolute Gasteiger partial charge is 0.0641 e. The van der Waals surface area contributed by atoms with Crippen molar-refractivity contribution < 1.29 is 0 Å². The lowest BCUT2D eigenvalue weighted by atomic mass is 9.95. The zero-order chi connectivity index (χ0) is 49.0. The average Bonchev–Trinajstić information content (AvgIpc) is 4.20. The number of para-hydroxylation sites is 6. The third-order valence-corrected chi connectivity index (χ3v) is 15.9. The number of benzene rings is 11. The Bertz CT molecular complexity index is 4340. The summed E-state index contributed by atoms with van der Waals surface area (Å²) in [4.78, 5) is 4.99. The molecule has 15 aromatic rings. The lowest BCUT2D eigenvalue weighted by molar-refractivity contribution is 1.14. The van der Waals surface area contributed by atoms with Gasteiger partial charge in [0.2, 0.25) is 0 Å². The van der Waals surface area contributed by atoms with Crippen molar-refractivity contribution in [2.24, 2.45) is 0 Å². The number of hydrogen-bond acceptors (Lipinski definition) is 2. The first kappa shape index (κ1) is 42.3. The third kappa shape index (κ3) is 6.03. The summed E-state index contributed by atoms with van der Waals surface area (Å²) in [6.45, 7) is 4.50. The predicted molar refractivity (Wildman–Crippen MR) is 315 cm³/mol. The fourth-order valence-corrected chi connectivity index (χ4v) is 12.8. The van der Waals surface area contributed by atoms with E-state index in [1.54, 1.807) is 0 Å². The van der Waals surface area contributed by atoms with Crippen LogP contribution in [0.1, 0.15) is 25.0 Å². The maximum atomic E-state index is 2.56. The van der Waals surface area contributed by atoms with Crippen LogP contribution in [-0.4, -0.2) is 8.80 Å². The molecule has 0 radical (unpaired) electrons. The van der Waals surface area contributed by atoms with E-state index in [1.807, 2.05) is 0 Å². The monoisotopic (exact) mass is 946 g/mol. The first-order valence-electron chi connectivity index (χ1n) is 26.1. The van der Waals surface area contributed by atoms with Gasteiger partial charge < -0.3 is 18.6 Å². The Labute approximate surface area is 429 Å². The van der Waals surface area contributed by atoms with Crippen LogP contribution in [0.25, 0.3) is 98.4 Å². The highest BCUT2D eigenvalue weighted by atomic mass is 15.2. The lowest BCUT2D eigenvalue weighted by Crippen LogP contribution is -2.11. The van der Waals surface area contributed by atoms with Crippen molar-refractivity contribution in [2.45, 2.75) is 26.7 Å². The van der Waals surface area contributed by atoms with Gasteiger partial charge in [-0.2, -0.15) is 0 Å². The van der Waals surface area contributed by atoms with Gasteiger partial charge in [0.05, 0.1) is 55.8 Å². The zero-order valence-corrected chi connectivity index (χ0v) is 41.3. The molecule has 0 N–H and O–H groups in total. The molecule has 0 aliphatic heterocycles. The molecule has 0 saturated carbocycles. The van der Waals surface area contributed by atoms with Crippen LogP contribution in [0.5, 0.6) is 0 Å². The van der Waals surface area contributed by atoms with Gasteiger partial charge in [-0.3, -0.25) is 0 Å². The fourth-order valence-electron chi connectivity index (χ4n) is 12.8. The summed E-state index contributed by atoms with van der Waals surface area (Å²) >= 11 is 0. The van der Waals surface area contributed by atoms with Crippen molar-refractivity contribution in [3.8, 4) is 22.3 Å². The molecule has 0 aliphatic carbocycles. The van der Waals surface area contributed by atoms with E-state index >= 15 is 0 Å². The van der Waals surface area contributed by atoms with E-state index in [-0.39, 0.29) is 0 Å². The molecular weight excluding hydrogens is 897 g/mol. The van der Waals surface area contributed by atoms with E-state index in [4.69, 9.17) is 0 Å². The van der Waals surface area contributed by atoms with Crippen LogP contribution in [0.3, 0.4) is 0 Å². The molecule has 0 aliphatic rings. The number of anilines is 6. The highest BCUT2D eigenvalue weighted by molar-refractivity contribution is 6.32. The van der Waals surface area contributed by atoms with Crippen molar-refractivity contribution >= 4 is 110 Å². The van der Waals surface area contributed by atoms with Gasteiger partial charge in [0.1, 0.15) is 0 Å². The van der Waals surface area contributed by atoms with Crippen LogP contribution in [-0.2, 0) is 12.8 Å². The number of aromatic nitrogens is 2. The molecule has 15 rings (SSSR count). The van der Waals surface area contributed by atoms with Gasteiger partial charge in [-0.1, -0.05) is 184 Å². The molecule has 350 valence electrons. The van der Waals surface area contributed by atoms with Gasteiger partial charge >= 0.3 is 0 Å². The quantitative estimate of drug-likeness (QED) is 0.136. The van der Waals surface area contributed by atoms with Gasteiger partial charge in [0, 0.05) is 65.6 Å². The van der Waals surface area contributed by atoms with Gasteiger partial charge in [-0.25, -0.2) is 0 Å². The van der Waals surface area contributed by atoms with E-state index in [0.717, 1.165) is 47.0 Å². The molecule has 0 atom stereocenters. The summed E-state index contributed by atoms with van der Waals surface area (Å²) in [5.41, 5.74) is 21.8. The summed E-state index contributed by atoms with van der Waals surface area (Å²) < 4.78 is 5.11. The standard InChI is InChI=1S/C70H50N4/c1-3-45-23-11-13-29-49(45)51-31-15-19-35-59(51)71(47-25-7-5-8-26-47)63-41-39-53-57-43-66-58(44-65(57)73-61-37-21-17-33-55(61)67(63)69(53)73)54-40-42-64(68-56-34-18-22-38-62(56)74(66)70(54)68)72(48-27-9-6-10-28-48)60-36-20-16-32-52(60)50-30-14-12-24-46(50)4-2/h5-44H,3-4H2,1-2H3. The summed E-state index contributed by atoms with van der Waals surface area (Å²) in [5.74, 6) is 0. The van der Waals surface area contributed by atoms with Gasteiger partial charge in [0.25, 0.3) is 0 Å². The summed E-state index contributed by atoms with van der Waals surface area (Å²) in [6.07, 6.45) is 1.91. The summed E-state index contributed by atoms with van der Waals surface area (Å²) in [7, 11) is 0. The Morgan fingerprint density at radius 1 is 0.284 bits per heavy atom. The van der Waals surface area contributed by atoms with E-state index in [2.05, 4.69) is 275 Å². The normalized spacial score (nSPS) is 12.0. The number of rotatable bonds is 10. The minimum absolute atomic E-state index is 0.954. The predicted octanol–water partition coefficient (Wildman–Crippen LogP) is 19.4. The van der Waals surface area contributed by atoms with Gasteiger partial charge in [0.15, 0.2) is 0 Å². The topological polar surface area (TPSA) is 15.3 Å². The SMILES string of the molecule is CCc1ccccc1-c1ccccc1N(c1ccccc1)c1ccc2c3cc4c(cc3n3c5ccccc5c1c23)c1ccc(N(c2ccccc2)c2ccccc2-c2ccccc2CC)c2c3ccccc3n4c12. The van der Waals surface area contributed by atoms with E-state index in [1.165, 1.54) is 110 Å². The maximum Gasteiger partial charge on any atom is 0.0641 e. The Morgan fingerprint density at radius 3 is 1.08 bits per heavy atom. The highest BCUT2D eigenvalue weighted by Gasteiger charge is 2.29. The second kappa shape index (κ2) is 16.6. The number of aryl methyl sites for hydroxylation is 2. The maximum absolute atomic E-state index is 2.56. The van der Waals surface area contributed by atoms with Crippen molar-refractivity contribution in [1.82, 2.24) is 8.80 Å². The Hall–Kier alpha value is -9.38. The van der Waals surface area contributed by atoms with Crippen LogP contribution in [0, 0.1) is 0 Å².